The van der Waals surface area contributed by atoms with Crippen LogP contribution in [0.1, 0.15) is 42.1 Å². The van der Waals surface area contributed by atoms with Crippen molar-refractivity contribution in [3.63, 3.8) is 0 Å². The molecule has 1 heterocycles. The van der Waals surface area contributed by atoms with Gasteiger partial charge in [-0.1, -0.05) is 72.7 Å². The summed E-state index contributed by atoms with van der Waals surface area (Å²) in [6.07, 6.45) is 1.42. The number of hydrogen-bond donors (Lipinski definition) is 1. The van der Waals surface area contributed by atoms with E-state index < -0.39 is 0 Å². The summed E-state index contributed by atoms with van der Waals surface area (Å²) in [6, 6.07) is 20.1. The number of aromatic nitrogens is 2. The van der Waals surface area contributed by atoms with Crippen molar-refractivity contribution in [3.8, 4) is 0 Å². The third-order valence-electron chi connectivity index (χ3n) is 4.26. The van der Waals surface area contributed by atoms with Crippen LogP contribution in [-0.2, 0) is 17.6 Å². The van der Waals surface area contributed by atoms with Gasteiger partial charge in [0.05, 0.1) is 0 Å². The lowest BCUT2D eigenvalue weighted by atomic mass is 10.0. The Labute approximate surface area is 153 Å². The lowest BCUT2D eigenvalue weighted by molar-refractivity contribution is -0.121. The fourth-order valence-corrected chi connectivity index (χ4v) is 2.72. The SMILES string of the molecule is CC(CNC(=O)CCc1nc(Cc2ccccc2)no1)c1ccccc1. The van der Waals surface area contributed by atoms with E-state index >= 15 is 0 Å². The third kappa shape index (κ3) is 5.28. The Morgan fingerprint density at radius 1 is 1.08 bits per heavy atom. The molecule has 0 bridgehead atoms. The van der Waals surface area contributed by atoms with Crippen LogP contribution in [0.2, 0.25) is 0 Å². The molecule has 5 heteroatoms. The van der Waals surface area contributed by atoms with E-state index in [9.17, 15) is 4.79 Å². The van der Waals surface area contributed by atoms with Gasteiger partial charge < -0.3 is 9.84 Å². The molecule has 1 amide bonds. The van der Waals surface area contributed by atoms with Gasteiger partial charge in [0.15, 0.2) is 5.82 Å². The monoisotopic (exact) mass is 349 g/mol. The Morgan fingerprint density at radius 3 is 2.50 bits per heavy atom. The first-order valence-electron chi connectivity index (χ1n) is 8.88. The number of hydrogen-bond acceptors (Lipinski definition) is 4. The highest BCUT2D eigenvalue weighted by Gasteiger charge is 2.11. The molecular formula is C21H23N3O2. The summed E-state index contributed by atoms with van der Waals surface area (Å²) in [7, 11) is 0. The number of nitrogens with one attached hydrogen (secondary N) is 1. The highest BCUT2D eigenvalue weighted by atomic mass is 16.5. The second-order valence-corrected chi connectivity index (χ2v) is 6.38. The Kier molecular flexibility index (Phi) is 6.14. The summed E-state index contributed by atoms with van der Waals surface area (Å²) in [5.41, 5.74) is 2.35. The molecule has 5 nitrogen and oxygen atoms in total. The Bertz CT molecular complexity index is 816. The maximum atomic E-state index is 12.0. The molecule has 0 aliphatic heterocycles. The van der Waals surface area contributed by atoms with Crippen LogP contribution in [0, 0.1) is 0 Å². The minimum atomic E-state index is -0.00408. The van der Waals surface area contributed by atoms with E-state index in [0.29, 0.717) is 37.5 Å². The van der Waals surface area contributed by atoms with Crippen molar-refractivity contribution >= 4 is 5.91 Å². The van der Waals surface area contributed by atoms with Gasteiger partial charge in [0.1, 0.15) is 0 Å². The van der Waals surface area contributed by atoms with Crippen LogP contribution in [-0.4, -0.2) is 22.6 Å². The zero-order chi connectivity index (χ0) is 18.2. The molecular weight excluding hydrogens is 326 g/mol. The van der Waals surface area contributed by atoms with Gasteiger partial charge in [-0.3, -0.25) is 4.79 Å². The van der Waals surface area contributed by atoms with Crippen LogP contribution in [0.3, 0.4) is 0 Å². The van der Waals surface area contributed by atoms with Crippen molar-refractivity contribution in [2.24, 2.45) is 0 Å². The highest BCUT2D eigenvalue weighted by Crippen LogP contribution is 2.13. The van der Waals surface area contributed by atoms with Crippen molar-refractivity contribution in [1.82, 2.24) is 15.5 Å². The van der Waals surface area contributed by atoms with E-state index in [4.69, 9.17) is 4.52 Å². The minimum Gasteiger partial charge on any atom is -0.355 e. The zero-order valence-corrected chi connectivity index (χ0v) is 14.9. The van der Waals surface area contributed by atoms with Gasteiger partial charge >= 0.3 is 0 Å². The molecule has 3 rings (SSSR count). The molecule has 134 valence electrons. The molecule has 0 aliphatic carbocycles. The number of aryl methyl sites for hydroxylation is 1. The quantitative estimate of drug-likeness (QED) is 0.676. The van der Waals surface area contributed by atoms with Gasteiger partial charge in [-0.05, 0) is 17.0 Å². The van der Waals surface area contributed by atoms with Crippen LogP contribution in [0.25, 0.3) is 0 Å². The van der Waals surface area contributed by atoms with Gasteiger partial charge in [-0.25, -0.2) is 0 Å². The predicted octanol–water partition coefficient (Wildman–Crippen LogP) is 3.51. The lowest BCUT2D eigenvalue weighted by Crippen LogP contribution is -2.27. The van der Waals surface area contributed by atoms with E-state index in [-0.39, 0.29) is 11.8 Å². The van der Waals surface area contributed by atoms with Crippen LogP contribution < -0.4 is 5.32 Å². The molecule has 0 aliphatic rings. The zero-order valence-electron chi connectivity index (χ0n) is 14.9. The summed E-state index contributed by atoms with van der Waals surface area (Å²) in [4.78, 5) is 16.4. The van der Waals surface area contributed by atoms with E-state index in [1.165, 1.54) is 5.56 Å². The fourth-order valence-electron chi connectivity index (χ4n) is 2.72. The maximum Gasteiger partial charge on any atom is 0.227 e. The largest absolute Gasteiger partial charge is 0.355 e. The van der Waals surface area contributed by atoms with Gasteiger partial charge in [-0.2, -0.15) is 4.98 Å². The van der Waals surface area contributed by atoms with E-state index in [2.05, 4.69) is 34.5 Å². The van der Waals surface area contributed by atoms with Crippen molar-refractivity contribution in [1.29, 1.82) is 0 Å². The molecule has 2 aromatic carbocycles. The fraction of sp³-hybridized carbons (Fsp3) is 0.286. The lowest BCUT2D eigenvalue weighted by Gasteiger charge is -2.12. The Hall–Kier alpha value is -2.95. The number of benzene rings is 2. The Morgan fingerprint density at radius 2 is 1.77 bits per heavy atom. The molecule has 0 radical (unpaired) electrons. The Balaban J connectivity index is 1.42. The van der Waals surface area contributed by atoms with Crippen molar-refractivity contribution < 1.29 is 9.32 Å². The van der Waals surface area contributed by atoms with Crippen LogP contribution in [0.5, 0.6) is 0 Å². The number of carbonyl (C=O) groups is 1. The van der Waals surface area contributed by atoms with Gasteiger partial charge in [-0.15, -0.1) is 0 Å². The number of rotatable bonds is 8. The molecule has 0 saturated heterocycles. The van der Waals surface area contributed by atoms with Crippen molar-refractivity contribution in [3.05, 3.63) is 83.5 Å². The first-order chi connectivity index (χ1) is 12.7. The number of amides is 1. The molecule has 1 aromatic heterocycles. The first-order valence-corrected chi connectivity index (χ1v) is 8.88. The van der Waals surface area contributed by atoms with Crippen molar-refractivity contribution in [2.75, 3.05) is 6.54 Å². The molecule has 1 unspecified atom stereocenters. The van der Waals surface area contributed by atoms with E-state index in [1.807, 2.05) is 48.5 Å². The summed E-state index contributed by atoms with van der Waals surface area (Å²) in [5, 5.41) is 6.95. The summed E-state index contributed by atoms with van der Waals surface area (Å²) in [5.74, 6) is 1.42. The average Bonchev–Trinajstić information content (AvgIpc) is 3.13. The summed E-state index contributed by atoms with van der Waals surface area (Å²) >= 11 is 0. The topological polar surface area (TPSA) is 68.0 Å². The maximum absolute atomic E-state index is 12.0. The summed E-state index contributed by atoms with van der Waals surface area (Å²) in [6.45, 7) is 2.72. The number of carbonyl (C=O) groups excluding carboxylic acids is 1. The van der Waals surface area contributed by atoms with E-state index in [1.54, 1.807) is 0 Å². The van der Waals surface area contributed by atoms with Gasteiger partial charge in [0.25, 0.3) is 0 Å². The predicted molar refractivity (Wildman–Crippen MR) is 99.7 cm³/mol. The van der Waals surface area contributed by atoms with Gasteiger partial charge in [0, 0.05) is 25.8 Å². The van der Waals surface area contributed by atoms with Crippen LogP contribution in [0.4, 0.5) is 0 Å². The molecule has 26 heavy (non-hydrogen) atoms. The van der Waals surface area contributed by atoms with Crippen molar-refractivity contribution in [2.45, 2.75) is 32.1 Å². The second kappa shape index (κ2) is 8.94. The van der Waals surface area contributed by atoms with Gasteiger partial charge in [0.2, 0.25) is 11.8 Å². The van der Waals surface area contributed by atoms with E-state index in [0.717, 1.165) is 5.56 Å². The second-order valence-electron chi connectivity index (χ2n) is 6.38. The first kappa shape index (κ1) is 17.9. The molecule has 0 fully saturated rings. The highest BCUT2D eigenvalue weighted by molar-refractivity contribution is 5.76. The molecule has 0 spiro atoms. The minimum absolute atomic E-state index is 0.00408. The molecule has 3 aromatic rings. The standard InChI is InChI=1S/C21H23N3O2/c1-16(18-10-6-3-7-11-18)15-22-20(25)12-13-21-23-19(24-26-21)14-17-8-4-2-5-9-17/h2-11,16H,12-15H2,1H3,(H,22,25). The average molecular weight is 349 g/mol. The van der Waals surface area contributed by atoms with Crippen LogP contribution in [0.15, 0.2) is 65.2 Å². The normalized spacial score (nSPS) is 11.9. The smallest absolute Gasteiger partial charge is 0.227 e. The van der Waals surface area contributed by atoms with Crippen LogP contribution >= 0.6 is 0 Å². The summed E-state index contributed by atoms with van der Waals surface area (Å²) < 4.78 is 5.24. The molecule has 0 saturated carbocycles. The molecule has 1 atom stereocenters. The number of nitrogens with zero attached hydrogens (tertiary/aromatic N) is 2. The molecule has 1 N–H and O–H groups in total. The third-order valence-corrected chi connectivity index (χ3v) is 4.26.